The van der Waals surface area contributed by atoms with Gasteiger partial charge in [0.2, 0.25) is 5.89 Å². The van der Waals surface area contributed by atoms with Crippen LogP contribution in [0.4, 0.5) is 0 Å². The Bertz CT molecular complexity index is 515. The maximum atomic E-state index is 5.42. The number of guanidine groups is 1. The number of aliphatic imine (C=N–C) groups is 1. The van der Waals surface area contributed by atoms with Crippen LogP contribution in [-0.2, 0) is 11.2 Å². The molecule has 0 unspecified atom stereocenters. The molecule has 1 aromatic rings. The highest BCUT2D eigenvalue weighted by Crippen LogP contribution is 2.18. The van der Waals surface area contributed by atoms with Gasteiger partial charge in [-0.15, -0.1) is 24.0 Å². The van der Waals surface area contributed by atoms with Crippen LogP contribution in [0.2, 0.25) is 0 Å². The third-order valence-corrected chi connectivity index (χ3v) is 4.41. The molecular formula is C17H32IN5O2. The first-order valence-electron chi connectivity index (χ1n) is 8.92. The van der Waals surface area contributed by atoms with Gasteiger partial charge < -0.3 is 19.5 Å². The maximum Gasteiger partial charge on any atom is 0.228 e. The van der Waals surface area contributed by atoms with Crippen LogP contribution >= 0.6 is 24.0 Å². The quantitative estimate of drug-likeness (QED) is 0.379. The molecule has 0 radical (unpaired) electrons. The third-order valence-electron chi connectivity index (χ3n) is 4.41. The van der Waals surface area contributed by atoms with Crippen LogP contribution in [0.1, 0.15) is 50.7 Å². The predicted octanol–water partition coefficient (Wildman–Crippen LogP) is 2.68. The van der Waals surface area contributed by atoms with Gasteiger partial charge in [-0.25, -0.2) is 0 Å². The minimum absolute atomic E-state index is 0. The zero-order chi connectivity index (χ0) is 17.4. The highest BCUT2D eigenvalue weighted by atomic mass is 127. The van der Waals surface area contributed by atoms with Crippen LogP contribution < -0.4 is 5.32 Å². The molecule has 1 aliphatic heterocycles. The number of aromatic nitrogens is 2. The number of nitrogens with zero attached hydrogens (tertiary/aromatic N) is 4. The van der Waals surface area contributed by atoms with Crippen molar-refractivity contribution in [2.75, 3.05) is 40.4 Å². The second-order valence-electron chi connectivity index (χ2n) is 6.69. The number of hydrogen-bond acceptors (Lipinski definition) is 5. The van der Waals surface area contributed by atoms with E-state index in [0.29, 0.717) is 18.2 Å². The summed E-state index contributed by atoms with van der Waals surface area (Å²) in [5, 5.41) is 7.35. The lowest BCUT2D eigenvalue weighted by molar-refractivity contribution is 0.0625. The average molecular weight is 465 g/mol. The fourth-order valence-electron chi connectivity index (χ4n) is 2.79. The SMILES string of the molecule is CN=C(NCCc1nc(C(C)C)no1)N(C)CCC1CCOCC1.I. The minimum atomic E-state index is 0. The summed E-state index contributed by atoms with van der Waals surface area (Å²) in [6.07, 6.45) is 4.24. The van der Waals surface area contributed by atoms with Crippen LogP contribution in [0.5, 0.6) is 0 Å². The van der Waals surface area contributed by atoms with Gasteiger partial charge in [0, 0.05) is 52.7 Å². The van der Waals surface area contributed by atoms with Gasteiger partial charge in [0.15, 0.2) is 11.8 Å². The number of hydrogen-bond donors (Lipinski definition) is 1. The molecule has 0 atom stereocenters. The number of rotatable bonds is 7. The van der Waals surface area contributed by atoms with Crippen molar-refractivity contribution in [2.24, 2.45) is 10.9 Å². The van der Waals surface area contributed by atoms with E-state index in [9.17, 15) is 0 Å². The minimum Gasteiger partial charge on any atom is -0.381 e. The predicted molar refractivity (Wildman–Crippen MR) is 110 cm³/mol. The number of nitrogens with one attached hydrogen (secondary N) is 1. The fourth-order valence-corrected chi connectivity index (χ4v) is 2.79. The smallest absolute Gasteiger partial charge is 0.228 e. The maximum absolute atomic E-state index is 5.42. The molecular weight excluding hydrogens is 433 g/mol. The Morgan fingerprint density at radius 1 is 1.36 bits per heavy atom. The molecule has 1 fully saturated rings. The molecule has 0 aromatic carbocycles. The van der Waals surface area contributed by atoms with Crippen molar-refractivity contribution < 1.29 is 9.26 Å². The van der Waals surface area contributed by atoms with E-state index in [1.165, 1.54) is 19.3 Å². The molecule has 1 N–H and O–H groups in total. The Hall–Kier alpha value is -0.900. The lowest BCUT2D eigenvalue weighted by Crippen LogP contribution is -2.40. The van der Waals surface area contributed by atoms with Gasteiger partial charge in [-0.1, -0.05) is 19.0 Å². The summed E-state index contributed by atoms with van der Waals surface area (Å²) < 4.78 is 10.7. The Morgan fingerprint density at radius 3 is 2.68 bits per heavy atom. The average Bonchev–Trinajstić information content (AvgIpc) is 3.07. The van der Waals surface area contributed by atoms with Gasteiger partial charge in [0.05, 0.1) is 0 Å². The Labute approximate surface area is 168 Å². The van der Waals surface area contributed by atoms with Gasteiger partial charge >= 0.3 is 0 Å². The molecule has 144 valence electrons. The monoisotopic (exact) mass is 465 g/mol. The largest absolute Gasteiger partial charge is 0.381 e. The molecule has 7 nitrogen and oxygen atoms in total. The molecule has 0 aliphatic carbocycles. The molecule has 8 heteroatoms. The molecule has 25 heavy (non-hydrogen) atoms. The lowest BCUT2D eigenvalue weighted by Gasteiger charge is -2.26. The summed E-state index contributed by atoms with van der Waals surface area (Å²) in [5.74, 6) is 3.41. The van der Waals surface area contributed by atoms with E-state index >= 15 is 0 Å². The summed E-state index contributed by atoms with van der Waals surface area (Å²) in [4.78, 5) is 10.9. The van der Waals surface area contributed by atoms with E-state index in [4.69, 9.17) is 9.26 Å². The molecule has 0 saturated carbocycles. The van der Waals surface area contributed by atoms with Crippen LogP contribution in [0, 0.1) is 5.92 Å². The van der Waals surface area contributed by atoms with Crippen molar-refractivity contribution in [3.05, 3.63) is 11.7 Å². The normalized spacial score (nSPS) is 16.0. The van der Waals surface area contributed by atoms with Crippen molar-refractivity contribution >= 4 is 29.9 Å². The first kappa shape index (κ1) is 22.1. The number of ether oxygens (including phenoxy) is 1. The molecule has 1 aliphatic rings. The Morgan fingerprint density at radius 2 is 2.08 bits per heavy atom. The summed E-state index contributed by atoms with van der Waals surface area (Å²) in [5.41, 5.74) is 0. The molecule has 0 spiro atoms. The van der Waals surface area contributed by atoms with Crippen molar-refractivity contribution in [3.63, 3.8) is 0 Å². The zero-order valence-corrected chi connectivity index (χ0v) is 18.2. The Kier molecular flexibility index (Phi) is 10.3. The summed E-state index contributed by atoms with van der Waals surface area (Å²) in [7, 11) is 3.90. The molecule has 1 aromatic heterocycles. The van der Waals surface area contributed by atoms with Gasteiger partial charge in [-0.05, 0) is 25.2 Å². The van der Waals surface area contributed by atoms with Crippen molar-refractivity contribution in [2.45, 2.75) is 45.4 Å². The van der Waals surface area contributed by atoms with Crippen molar-refractivity contribution in [1.29, 1.82) is 0 Å². The standard InChI is InChI=1S/C17H31N5O2.HI/c1-13(2)16-20-15(24-21-16)5-9-19-17(18-3)22(4)10-6-14-7-11-23-12-8-14;/h13-14H,5-12H2,1-4H3,(H,18,19);1H. The van der Waals surface area contributed by atoms with Gasteiger partial charge in [-0.3, -0.25) is 4.99 Å². The second-order valence-corrected chi connectivity index (χ2v) is 6.69. The van der Waals surface area contributed by atoms with E-state index < -0.39 is 0 Å². The van der Waals surface area contributed by atoms with Gasteiger partial charge in [0.1, 0.15) is 0 Å². The topological polar surface area (TPSA) is 75.8 Å². The van der Waals surface area contributed by atoms with E-state index in [0.717, 1.165) is 44.0 Å². The van der Waals surface area contributed by atoms with Crippen LogP contribution in [0.25, 0.3) is 0 Å². The summed E-state index contributed by atoms with van der Waals surface area (Å²) in [6, 6.07) is 0. The first-order valence-corrected chi connectivity index (χ1v) is 8.92. The highest BCUT2D eigenvalue weighted by molar-refractivity contribution is 14.0. The number of halogens is 1. The molecule has 1 saturated heterocycles. The zero-order valence-electron chi connectivity index (χ0n) is 15.8. The first-order chi connectivity index (χ1) is 11.6. The van der Waals surface area contributed by atoms with Crippen molar-refractivity contribution in [1.82, 2.24) is 20.4 Å². The Balaban J connectivity index is 0.00000312. The molecule has 0 amide bonds. The summed E-state index contributed by atoms with van der Waals surface area (Å²) >= 11 is 0. The third kappa shape index (κ3) is 7.47. The van der Waals surface area contributed by atoms with Crippen LogP contribution in [0.15, 0.2) is 9.52 Å². The van der Waals surface area contributed by atoms with Gasteiger partial charge in [0.25, 0.3) is 0 Å². The van der Waals surface area contributed by atoms with E-state index in [1.807, 2.05) is 7.05 Å². The van der Waals surface area contributed by atoms with E-state index in [2.05, 4.69) is 46.2 Å². The molecule has 0 bridgehead atoms. The van der Waals surface area contributed by atoms with E-state index in [-0.39, 0.29) is 24.0 Å². The molecule has 2 rings (SSSR count). The summed E-state index contributed by atoms with van der Waals surface area (Å²) in [6.45, 7) is 7.66. The fraction of sp³-hybridized carbons (Fsp3) is 0.824. The lowest BCUT2D eigenvalue weighted by atomic mass is 9.96. The van der Waals surface area contributed by atoms with Crippen LogP contribution in [0.3, 0.4) is 0 Å². The van der Waals surface area contributed by atoms with Crippen LogP contribution in [-0.4, -0.2) is 61.4 Å². The molecule has 2 heterocycles. The van der Waals surface area contributed by atoms with Crippen molar-refractivity contribution in [3.8, 4) is 0 Å². The highest BCUT2D eigenvalue weighted by Gasteiger charge is 2.15. The van der Waals surface area contributed by atoms with E-state index in [1.54, 1.807) is 0 Å². The van der Waals surface area contributed by atoms with Gasteiger partial charge in [-0.2, -0.15) is 4.98 Å². The second kappa shape index (κ2) is 11.7.